The van der Waals surface area contributed by atoms with Crippen LogP contribution in [-0.4, -0.2) is 20.2 Å². The third-order valence-electron chi connectivity index (χ3n) is 1.91. The van der Waals surface area contributed by atoms with Crippen LogP contribution in [0.1, 0.15) is 30.4 Å². The molecule has 0 amide bonds. The molecule has 15 heavy (non-hydrogen) atoms. The van der Waals surface area contributed by atoms with Crippen LogP contribution in [0.4, 0.5) is 0 Å². The standard InChI is InChI=1S/C10H11N3O2/c1-7(14)10-12-9(13-15-10)6-8-4-2-3-5-11-8/h2-5,7,14H,6H2,1H3/t7-/m0/s1. The zero-order chi connectivity index (χ0) is 10.7. The second-order valence-electron chi connectivity index (χ2n) is 3.22. The predicted molar refractivity (Wildman–Crippen MR) is 52.0 cm³/mol. The Bertz CT molecular complexity index is 425. The van der Waals surface area contributed by atoms with Gasteiger partial charge in [-0.15, -0.1) is 0 Å². The van der Waals surface area contributed by atoms with Gasteiger partial charge >= 0.3 is 0 Å². The van der Waals surface area contributed by atoms with Gasteiger partial charge in [0.15, 0.2) is 5.82 Å². The summed E-state index contributed by atoms with van der Waals surface area (Å²) in [5.41, 5.74) is 0.871. The maximum absolute atomic E-state index is 9.19. The van der Waals surface area contributed by atoms with E-state index < -0.39 is 6.10 Å². The third kappa shape index (κ3) is 2.38. The predicted octanol–water partition coefficient (Wildman–Crippen LogP) is 1.11. The fourth-order valence-corrected chi connectivity index (χ4v) is 1.17. The summed E-state index contributed by atoms with van der Waals surface area (Å²) in [6.45, 7) is 1.58. The SMILES string of the molecule is C[C@H](O)c1nc(Cc2ccccn2)no1. The zero-order valence-corrected chi connectivity index (χ0v) is 8.29. The highest BCUT2D eigenvalue weighted by Gasteiger charge is 2.11. The van der Waals surface area contributed by atoms with Gasteiger partial charge in [-0.05, 0) is 19.1 Å². The van der Waals surface area contributed by atoms with Gasteiger partial charge in [0.2, 0.25) is 0 Å². The number of nitrogens with zero attached hydrogens (tertiary/aromatic N) is 3. The van der Waals surface area contributed by atoms with E-state index in [2.05, 4.69) is 15.1 Å². The third-order valence-corrected chi connectivity index (χ3v) is 1.91. The van der Waals surface area contributed by atoms with Crippen LogP contribution in [-0.2, 0) is 6.42 Å². The van der Waals surface area contributed by atoms with E-state index in [1.54, 1.807) is 13.1 Å². The molecule has 2 heterocycles. The molecule has 1 atom stereocenters. The molecular formula is C10H11N3O2. The minimum absolute atomic E-state index is 0.237. The molecule has 0 aliphatic heterocycles. The van der Waals surface area contributed by atoms with Gasteiger partial charge in [-0.3, -0.25) is 4.98 Å². The van der Waals surface area contributed by atoms with Crippen molar-refractivity contribution in [2.45, 2.75) is 19.4 Å². The fraction of sp³-hybridized carbons (Fsp3) is 0.300. The first-order valence-electron chi connectivity index (χ1n) is 4.66. The van der Waals surface area contributed by atoms with E-state index in [0.29, 0.717) is 12.2 Å². The van der Waals surface area contributed by atoms with Crippen molar-refractivity contribution in [3.05, 3.63) is 41.8 Å². The Morgan fingerprint density at radius 1 is 1.47 bits per heavy atom. The van der Waals surface area contributed by atoms with E-state index in [9.17, 15) is 5.11 Å². The maximum atomic E-state index is 9.19. The maximum Gasteiger partial charge on any atom is 0.255 e. The normalized spacial score (nSPS) is 12.7. The van der Waals surface area contributed by atoms with Crippen LogP contribution in [0.3, 0.4) is 0 Å². The summed E-state index contributed by atoms with van der Waals surface area (Å²) in [5.74, 6) is 0.769. The summed E-state index contributed by atoms with van der Waals surface area (Å²) in [6, 6.07) is 5.64. The Hall–Kier alpha value is -1.75. The molecule has 0 radical (unpaired) electrons. The highest BCUT2D eigenvalue weighted by atomic mass is 16.5. The summed E-state index contributed by atoms with van der Waals surface area (Å²) < 4.78 is 4.86. The first kappa shape index (κ1) is 9.79. The molecule has 0 aliphatic carbocycles. The fourth-order valence-electron chi connectivity index (χ4n) is 1.17. The summed E-state index contributed by atoms with van der Waals surface area (Å²) in [5, 5.41) is 12.9. The molecule has 0 aromatic carbocycles. The number of aromatic nitrogens is 3. The van der Waals surface area contributed by atoms with Crippen molar-refractivity contribution >= 4 is 0 Å². The van der Waals surface area contributed by atoms with Crippen LogP contribution < -0.4 is 0 Å². The number of rotatable bonds is 3. The number of hydrogen-bond donors (Lipinski definition) is 1. The zero-order valence-electron chi connectivity index (χ0n) is 8.29. The van der Waals surface area contributed by atoms with E-state index in [0.717, 1.165) is 5.69 Å². The Labute approximate surface area is 86.8 Å². The van der Waals surface area contributed by atoms with Gasteiger partial charge in [-0.25, -0.2) is 0 Å². The molecule has 5 nitrogen and oxygen atoms in total. The summed E-state index contributed by atoms with van der Waals surface area (Å²) >= 11 is 0. The molecule has 1 N–H and O–H groups in total. The molecule has 0 saturated heterocycles. The van der Waals surface area contributed by atoms with E-state index >= 15 is 0 Å². The van der Waals surface area contributed by atoms with E-state index in [1.165, 1.54) is 0 Å². The molecule has 0 unspecified atom stereocenters. The minimum atomic E-state index is -0.727. The first-order chi connectivity index (χ1) is 7.25. The molecule has 2 rings (SSSR count). The smallest absolute Gasteiger partial charge is 0.255 e. The van der Waals surface area contributed by atoms with Gasteiger partial charge < -0.3 is 9.63 Å². The lowest BCUT2D eigenvalue weighted by molar-refractivity contribution is 0.151. The largest absolute Gasteiger partial charge is 0.384 e. The van der Waals surface area contributed by atoms with Crippen LogP contribution in [0.25, 0.3) is 0 Å². The molecule has 5 heteroatoms. The lowest BCUT2D eigenvalue weighted by Gasteiger charge is -1.94. The lowest BCUT2D eigenvalue weighted by atomic mass is 10.2. The number of pyridine rings is 1. The molecule has 0 saturated carbocycles. The number of aliphatic hydroxyl groups is 1. The molecule has 2 aromatic heterocycles. The van der Waals surface area contributed by atoms with Crippen LogP contribution in [0.2, 0.25) is 0 Å². The number of aliphatic hydroxyl groups excluding tert-OH is 1. The summed E-state index contributed by atoms with van der Waals surface area (Å²) in [6.07, 6.45) is 1.50. The second kappa shape index (κ2) is 4.18. The molecular weight excluding hydrogens is 194 g/mol. The molecule has 0 bridgehead atoms. The van der Waals surface area contributed by atoms with Crippen molar-refractivity contribution in [1.82, 2.24) is 15.1 Å². The minimum Gasteiger partial charge on any atom is -0.384 e. The Morgan fingerprint density at radius 3 is 2.93 bits per heavy atom. The quantitative estimate of drug-likeness (QED) is 0.812. The van der Waals surface area contributed by atoms with Crippen LogP contribution in [0, 0.1) is 0 Å². The highest BCUT2D eigenvalue weighted by molar-refractivity contribution is 5.09. The molecule has 2 aromatic rings. The van der Waals surface area contributed by atoms with Gasteiger partial charge in [0.25, 0.3) is 5.89 Å². The number of hydrogen-bond acceptors (Lipinski definition) is 5. The molecule has 0 fully saturated rings. The second-order valence-corrected chi connectivity index (χ2v) is 3.22. The van der Waals surface area contributed by atoms with Crippen molar-refractivity contribution in [2.24, 2.45) is 0 Å². The van der Waals surface area contributed by atoms with Crippen LogP contribution >= 0.6 is 0 Å². The Morgan fingerprint density at radius 2 is 2.33 bits per heavy atom. The van der Waals surface area contributed by atoms with Gasteiger partial charge in [0.1, 0.15) is 6.10 Å². The monoisotopic (exact) mass is 205 g/mol. The van der Waals surface area contributed by atoms with Gasteiger partial charge in [0, 0.05) is 11.9 Å². The highest BCUT2D eigenvalue weighted by Crippen LogP contribution is 2.10. The van der Waals surface area contributed by atoms with E-state index in [1.807, 2.05) is 18.2 Å². The van der Waals surface area contributed by atoms with Gasteiger partial charge in [0.05, 0.1) is 6.42 Å². The van der Waals surface area contributed by atoms with Gasteiger partial charge in [-0.1, -0.05) is 11.2 Å². The average Bonchev–Trinajstić information content (AvgIpc) is 2.68. The van der Waals surface area contributed by atoms with Gasteiger partial charge in [-0.2, -0.15) is 4.98 Å². The van der Waals surface area contributed by atoms with Crippen molar-refractivity contribution in [1.29, 1.82) is 0 Å². The van der Waals surface area contributed by atoms with E-state index in [4.69, 9.17) is 4.52 Å². The molecule has 0 spiro atoms. The lowest BCUT2D eigenvalue weighted by Crippen LogP contribution is -1.95. The van der Waals surface area contributed by atoms with Crippen LogP contribution in [0.15, 0.2) is 28.9 Å². The van der Waals surface area contributed by atoms with Crippen molar-refractivity contribution in [3.63, 3.8) is 0 Å². The topological polar surface area (TPSA) is 72.0 Å². The molecule has 78 valence electrons. The van der Waals surface area contributed by atoms with Crippen LogP contribution in [0.5, 0.6) is 0 Å². The first-order valence-corrected chi connectivity index (χ1v) is 4.66. The Balaban J connectivity index is 2.12. The van der Waals surface area contributed by atoms with E-state index in [-0.39, 0.29) is 5.89 Å². The van der Waals surface area contributed by atoms with Crippen molar-refractivity contribution in [3.8, 4) is 0 Å². The average molecular weight is 205 g/mol. The Kier molecular flexibility index (Phi) is 2.73. The van der Waals surface area contributed by atoms with Crippen molar-refractivity contribution in [2.75, 3.05) is 0 Å². The summed E-state index contributed by atoms with van der Waals surface area (Å²) in [7, 11) is 0. The molecule has 0 aliphatic rings. The summed E-state index contributed by atoms with van der Waals surface area (Å²) in [4.78, 5) is 8.18. The van der Waals surface area contributed by atoms with Crippen molar-refractivity contribution < 1.29 is 9.63 Å².